The number of piperazine rings is 1. The van der Waals surface area contributed by atoms with Crippen molar-refractivity contribution in [3.63, 3.8) is 0 Å². The third kappa shape index (κ3) is 4.11. The molecule has 1 aliphatic rings. The van der Waals surface area contributed by atoms with Crippen molar-refractivity contribution in [2.75, 3.05) is 31.1 Å². The van der Waals surface area contributed by atoms with Gasteiger partial charge in [0.1, 0.15) is 23.5 Å². The topological polar surface area (TPSA) is 64.8 Å². The van der Waals surface area contributed by atoms with E-state index in [4.69, 9.17) is 0 Å². The van der Waals surface area contributed by atoms with E-state index in [0.29, 0.717) is 30.2 Å². The lowest BCUT2D eigenvalue weighted by Crippen LogP contribution is -2.46. The number of rotatable bonds is 5. The second-order valence-electron chi connectivity index (χ2n) is 7.41. The summed E-state index contributed by atoms with van der Waals surface area (Å²) in [5.41, 5.74) is 2.02. The Morgan fingerprint density at radius 3 is 2.55 bits per heavy atom. The maximum absolute atomic E-state index is 14.8. The Bertz CT molecular complexity index is 982. The van der Waals surface area contributed by atoms with Gasteiger partial charge in [0, 0.05) is 57.7 Å². The number of phenols is 1. The Morgan fingerprint density at radius 1 is 1.10 bits per heavy atom. The number of anilines is 1. The van der Waals surface area contributed by atoms with Crippen LogP contribution >= 0.6 is 0 Å². The molecule has 152 valence electrons. The zero-order valence-corrected chi connectivity index (χ0v) is 16.4. The highest BCUT2D eigenvalue weighted by Crippen LogP contribution is 2.33. The van der Waals surface area contributed by atoms with E-state index in [2.05, 4.69) is 9.88 Å². The highest BCUT2D eigenvalue weighted by atomic mass is 19.1. The summed E-state index contributed by atoms with van der Waals surface area (Å²) in [6, 6.07) is 12.1. The molecule has 0 saturated carbocycles. The number of halogens is 1. The lowest BCUT2D eigenvalue weighted by atomic mass is 10.0. The van der Waals surface area contributed by atoms with Gasteiger partial charge in [-0.05, 0) is 23.8 Å². The molecule has 2 aromatic carbocycles. The van der Waals surface area contributed by atoms with Crippen molar-refractivity contribution in [1.29, 1.82) is 0 Å². The molecule has 7 heteroatoms. The van der Waals surface area contributed by atoms with Crippen LogP contribution < -0.4 is 4.90 Å². The Kier molecular flexibility index (Phi) is 5.51. The molecular weight excluding hydrogens is 371 g/mol. The maximum Gasteiger partial charge on any atom is 0.146 e. The number of para-hydroxylation sites is 1. The first-order chi connectivity index (χ1) is 14.0. The fraction of sp³-hybridized carbons (Fsp3) is 0.318. The summed E-state index contributed by atoms with van der Waals surface area (Å²) in [5, 5.41) is 20.5. The summed E-state index contributed by atoms with van der Waals surface area (Å²) in [6.45, 7) is 3.58. The number of hydrogen-bond acceptors (Lipinski definition) is 5. The van der Waals surface area contributed by atoms with Crippen LogP contribution in [0.4, 0.5) is 10.1 Å². The Hall–Kier alpha value is -2.90. The molecule has 0 unspecified atom stereocenters. The molecule has 0 bridgehead atoms. The van der Waals surface area contributed by atoms with Gasteiger partial charge in [0.15, 0.2) is 0 Å². The van der Waals surface area contributed by atoms with E-state index in [1.807, 2.05) is 24.1 Å². The summed E-state index contributed by atoms with van der Waals surface area (Å²) in [5.74, 6) is 0.414. The van der Waals surface area contributed by atoms with E-state index in [1.165, 1.54) is 6.07 Å². The van der Waals surface area contributed by atoms with E-state index >= 15 is 0 Å². The molecule has 2 N–H and O–H groups in total. The van der Waals surface area contributed by atoms with Gasteiger partial charge in [0.05, 0.1) is 5.69 Å². The first-order valence-corrected chi connectivity index (χ1v) is 9.72. The fourth-order valence-electron chi connectivity index (χ4n) is 3.91. The van der Waals surface area contributed by atoms with Crippen molar-refractivity contribution < 1.29 is 14.6 Å². The molecule has 1 atom stereocenters. The molecule has 0 spiro atoms. The molecule has 3 aromatic rings. The van der Waals surface area contributed by atoms with Gasteiger partial charge in [-0.3, -0.25) is 4.90 Å². The number of phenolic OH excluding ortho intramolecular Hbond substituents is 1. The van der Waals surface area contributed by atoms with Gasteiger partial charge in [0.25, 0.3) is 0 Å². The first kappa shape index (κ1) is 19.4. The largest absolute Gasteiger partial charge is 0.508 e. The molecule has 29 heavy (non-hydrogen) atoms. The van der Waals surface area contributed by atoms with Crippen LogP contribution in [0.1, 0.15) is 23.1 Å². The lowest BCUT2D eigenvalue weighted by Gasteiger charge is -2.37. The zero-order chi connectivity index (χ0) is 20.4. The highest BCUT2D eigenvalue weighted by molar-refractivity contribution is 5.57. The monoisotopic (exact) mass is 396 g/mol. The van der Waals surface area contributed by atoms with Crippen molar-refractivity contribution in [3.05, 3.63) is 77.6 Å². The Balaban J connectivity index is 1.50. The fourth-order valence-corrected chi connectivity index (χ4v) is 3.91. The molecule has 0 radical (unpaired) electrons. The summed E-state index contributed by atoms with van der Waals surface area (Å²) < 4.78 is 16.5. The number of aromatic nitrogens is 2. The van der Waals surface area contributed by atoms with Crippen LogP contribution in [0.3, 0.4) is 0 Å². The van der Waals surface area contributed by atoms with Crippen molar-refractivity contribution >= 4 is 5.69 Å². The molecule has 1 saturated heterocycles. The van der Waals surface area contributed by atoms with E-state index in [1.54, 1.807) is 41.2 Å². The lowest BCUT2D eigenvalue weighted by molar-refractivity contribution is 0.205. The second kappa shape index (κ2) is 8.23. The van der Waals surface area contributed by atoms with Gasteiger partial charge < -0.3 is 19.7 Å². The first-order valence-electron chi connectivity index (χ1n) is 9.72. The van der Waals surface area contributed by atoms with Crippen molar-refractivity contribution in [2.45, 2.75) is 12.6 Å². The second-order valence-corrected chi connectivity index (χ2v) is 7.41. The summed E-state index contributed by atoms with van der Waals surface area (Å²) >= 11 is 0. The average molecular weight is 396 g/mol. The number of aromatic hydroxyl groups is 1. The van der Waals surface area contributed by atoms with Crippen LogP contribution in [0.15, 0.2) is 54.9 Å². The van der Waals surface area contributed by atoms with Crippen LogP contribution in [0, 0.1) is 5.82 Å². The standard InChI is InChI=1S/C22H25FN4O2/c1-25-9-8-24-22(25)21(29)18-6-3-7-19(23)20(18)27-12-10-26(11-13-27)15-16-4-2-5-17(28)14-16/h2-9,14,21,28-29H,10-13,15H2,1H3/t21-/m1/s1. The molecule has 6 nitrogen and oxygen atoms in total. The smallest absolute Gasteiger partial charge is 0.146 e. The molecule has 4 rings (SSSR count). The van der Waals surface area contributed by atoms with E-state index in [0.717, 1.165) is 25.2 Å². The van der Waals surface area contributed by atoms with Crippen molar-refractivity contribution in [3.8, 4) is 5.75 Å². The number of benzene rings is 2. The van der Waals surface area contributed by atoms with Gasteiger partial charge in [0.2, 0.25) is 0 Å². The van der Waals surface area contributed by atoms with Gasteiger partial charge in [-0.1, -0.05) is 24.3 Å². The molecule has 1 aliphatic heterocycles. The zero-order valence-electron chi connectivity index (χ0n) is 16.4. The van der Waals surface area contributed by atoms with E-state index in [9.17, 15) is 14.6 Å². The number of hydrogen-bond donors (Lipinski definition) is 2. The summed E-state index contributed by atoms with van der Waals surface area (Å²) in [4.78, 5) is 8.49. The summed E-state index contributed by atoms with van der Waals surface area (Å²) in [6.07, 6.45) is 2.39. The van der Waals surface area contributed by atoms with Gasteiger partial charge in [-0.15, -0.1) is 0 Å². The number of imidazole rings is 1. The van der Waals surface area contributed by atoms with Crippen LogP contribution in [0.2, 0.25) is 0 Å². The molecule has 1 aromatic heterocycles. The maximum atomic E-state index is 14.8. The SMILES string of the molecule is Cn1ccnc1[C@H](O)c1cccc(F)c1N1CCN(Cc2cccc(O)c2)CC1. The molecular formula is C22H25FN4O2. The third-order valence-electron chi connectivity index (χ3n) is 5.42. The number of nitrogens with zero attached hydrogens (tertiary/aromatic N) is 4. The Morgan fingerprint density at radius 2 is 1.86 bits per heavy atom. The number of aliphatic hydroxyl groups is 1. The van der Waals surface area contributed by atoms with Crippen LogP contribution in [0.5, 0.6) is 5.75 Å². The van der Waals surface area contributed by atoms with Crippen molar-refractivity contribution in [2.24, 2.45) is 7.05 Å². The minimum Gasteiger partial charge on any atom is -0.508 e. The van der Waals surface area contributed by atoms with E-state index in [-0.39, 0.29) is 11.6 Å². The molecule has 0 aliphatic carbocycles. The third-order valence-corrected chi connectivity index (χ3v) is 5.42. The normalized spacial score (nSPS) is 16.2. The summed E-state index contributed by atoms with van der Waals surface area (Å²) in [7, 11) is 1.81. The number of aryl methyl sites for hydroxylation is 1. The van der Waals surface area contributed by atoms with E-state index < -0.39 is 6.10 Å². The average Bonchev–Trinajstić information content (AvgIpc) is 3.14. The molecule has 2 heterocycles. The van der Waals surface area contributed by atoms with Crippen LogP contribution in [-0.2, 0) is 13.6 Å². The van der Waals surface area contributed by atoms with Crippen LogP contribution in [-0.4, -0.2) is 50.8 Å². The minimum absolute atomic E-state index is 0.264. The van der Waals surface area contributed by atoms with Crippen LogP contribution in [0.25, 0.3) is 0 Å². The predicted molar refractivity (Wildman–Crippen MR) is 109 cm³/mol. The number of aliphatic hydroxyl groups excluding tert-OH is 1. The predicted octanol–water partition coefficient (Wildman–Crippen LogP) is 2.67. The Labute approximate surface area is 169 Å². The van der Waals surface area contributed by atoms with Gasteiger partial charge in [-0.25, -0.2) is 9.37 Å². The van der Waals surface area contributed by atoms with Gasteiger partial charge in [-0.2, -0.15) is 0 Å². The molecule has 1 fully saturated rings. The molecule has 0 amide bonds. The van der Waals surface area contributed by atoms with Crippen molar-refractivity contribution in [1.82, 2.24) is 14.5 Å². The minimum atomic E-state index is -0.994. The van der Waals surface area contributed by atoms with Gasteiger partial charge >= 0.3 is 0 Å². The quantitative estimate of drug-likeness (QED) is 0.694. The highest BCUT2D eigenvalue weighted by Gasteiger charge is 2.26.